The second kappa shape index (κ2) is 28.1. The topological polar surface area (TPSA) is 229 Å². The number of amides is 5. The Labute approximate surface area is 506 Å². The van der Waals surface area contributed by atoms with Crippen LogP contribution in [0.25, 0.3) is 44.1 Å². The number of urea groups is 2. The summed E-state index contributed by atoms with van der Waals surface area (Å²) in [5.41, 5.74) is 8.69. The van der Waals surface area contributed by atoms with Crippen molar-refractivity contribution < 1.29 is 28.3 Å². The average Bonchev–Trinajstić information content (AvgIpc) is 1.62. The van der Waals surface area contributed by atoms with Gasteiger partial charge in [-0.15, -0.1) is 0 Å². The van der Waals surface area contributed by atoms with Gasteiger partial charge in [-0.2, -0.15) is 0 Å². The lowest BCUT2D eigenvalue weighted by Crippen LogP contribution is -2.47. The number of rotatable bonds is 13. The molecule has 6 N–H and O–H groups in total. The molecule has 0 radical (unpaired) electrons. The number of carbonyl (C=O) groups is 3. The van der Waals surface area contributed by atoms with E-state index < -0.39 is 11.6 Å². The summed E-state index contributed by atoms with van der Waals surface area (Å²) in [7, 11) is 0. The second-order valence-electron chi connectivity index (χ2n) is 21.4. The molecule has 0 saturated carbocycles. The van der Waals surface area contributed by atoms with E-state index in [0.717, 1.165) is 33.4 Å². The molecule has 0 bridgehead atoms. The van der Waals surface area contributed by atoms with Crippen LogP contribution >= 0.6 is 0 Å². The highest BCUT2D eigenvalue weighted by molar-refractivity contribution is 5.92. The van der Waals surface area contributed by atoms with E-state index in [1.165, 1.54) is 33.7 Å². The van der Waals surface area contributed by atoms with E-state index in [1.54, 1.807) is 126 Å². The number of carbonyl (C=O) groups excluding carboxylic acids is 2. The highest BCUT2D eigenvalue weighted by Gasteiger charge is 2.26. The first-order valence-corrected chi connectivity index (χ1v) is 28.1. The third kappa shape index (κ3) is 16.3. The molecule has 0 fully saturated rings. The largest absolute Gasteiger partial charge is 0.465 e. The Morgan fingerprint density at radius 2 is 1.10 bits per heavy atom. The number of halogens is 2. The van der Waals surface area contributed by atoms with E-state index in [0.29, 0.717) is 93.0 Å². The van der Waals surface area contributed by atoms with Crippen LogP contribution in [0.4, 0.5) is 34.5 Å². The molecular formula is C69H61F2N11O6. The smallest absolute Gasteiger partial charge is 0.407 e. The molecule has 10 aromatic rings. The molecule has 0 aliphatic heterocycles. The molecule has 17 nitrogen and oxygen atoms in total. The zero-order valence-corrected chi connectivity index (χ0v) is 48.8. The standard InChI is InChI=1S/C38H37FN6O4.C31H24FN5O2/c1-25-42-34-23-29(11-15-33(34)35(46)44(25)20-21-45(37(48)49)38(2,3)4)32-16-14-31(22-28(32)10-7-26-8-12-30(39)13-9-26)43-36(47)41-19-17-27-6-5-18-40-24-27;1-20-35-29-18-24(8-12-28(29)30(38)36-20)27-13-11-26(17-23(27)7-4-21-5-9-25(32)10-6-21)37-31(39)34-16-14-22-3-2-15-33-19-22/h5-6,8-9,11-16,18,22-24H,17,19-21H2,1-4H3,(H,48,49)(H2,41,43,47);2-3,5-6,8-13,15,17-19H,14,16H2,1H3,(H2,34,37,39)(H,35,36,38). The summed E-state index contributed by atoms with van der Waals surface area (Å²) in [6, 6.07) is 40.2. The predicted octanol–water partition coefficient (Wildman–Crippen LogP) is 11.6. The Morgan fingerprint density at radius 1 is 0.614 bits per heavy atom. The zero-order chi connectivity index (χ0) is 62.3. The third-order valence-corrected chi connectivity index (χ3v) is 14.0. The number of aromatic nitrogens is 6. The van der Waals surface area contributed by atoms with Crippen molar-refractivity contribution >= 4 is 51.3 Å². The minimum absolute atomic E-state index is 0.129. The molecule has 4 heterocycles. The van der Waals surface area contributed by atoms with Gasteiger partial charge in [0.15, 0.2) is 0 Å². The molecule has 0 unspecified atom stereocenters. The summed E-state index contributed by atoms with van der Waals surface area (Å²) in [6.07, 6.45) is 7.16. The first-order chi connectivity index (χ1) is 42.3. The second-order valence-corrected chi connectivity index (χ2v) is 21.4. The number of anilines is 2. The highest BCUT2D eigenvalue weighted by Crippen LogP contribution is 2.30. The van der Waals surface area contributed by atoms with E-state index >= 15 is 0 Å². The lowest BCUT2D eigenvalue weighted by atomic mass is 9.97. The van der Waals surface area contributed by atoms with Crippen molar-refractivity contribution in [2.45, 2.75) is 59.5 Å². The maximum atomic E-state index is 13.5. The Morgan fingerprint density at radius 3 is 1.57 bits per heavy atom. The number of carboxylic acid groups (broad SMARTS) is 1. The van der Waals surface area contributed by atoms with Crippen LogP contribution in [0.3, 0.4) is 0 Å². The SMILES string of the molecule is Cc1nc2cc(-c3ccc(NC(=O)NCCc4cccnc4)cc3C#Cc3ccc(F)cc3)ccc2c(=O)[nH]1.Cc1nc2cc(-c3ccc(NC(=O)NCCc4cccnc4)cc3C#Cc3ccc(F)cc3)ccc2c(=O)n1CCN(C(=O)O)C(C)(C)C. The molecule has 0 aliphatic carbocycles. The van der Waals surface area contributed by atoms with Gasteiger partial charge >= 0.3 is 18.2 Å². The van der Waals surface area contributed by atoms with E-state index in [9.17, 15) is 37.9 Å². The number of H-pyrrole nitrogens is 1. The van der Waals surface area contributed by atoms with Crippen molar-refractivity contribution in [2.75, 3.05) is 30.3 Å². The van der Waals surface area contributed by atoms with Gasteiger partial charge in [0.2, 0.25) is 0 Å². The van der Waals surface area contributed by atoms with Crippen molar-refractivity contribution in [2.24, 2.45) is 0 Å². The maximum absolute atomic E-state index is 13.5. The molecule has 19 heteroatoms. The molecule has 4 aromatic heterocycles. The van der Waals surface area contributed by atoms with Gasteiger partial charge in [0.25, 0.3) is 11.1 Å². The quantitative estimate of drug-likeness (QED) is 0.0598. The Hall–Kier alpha value is -11.3. The number of hydrogen-bond donors (Lipinski definition) is 6. The van der Waals surface area contributed by atoms with E-state index in [1.807, 2.05) is 54.6 Å². The van der Waals surface area contributed by atoms with Gasteiger partial charge in [-0.05, 0) is 190 Å². The number of pyridine rings is 2. The van der Waals surface area contributed by atoms with E-state index in [4.69, 9.17) is 4.98 Å². The van der Waals surface area contributed by atoms with Gasteiger partial charge in [0.1, 0.15) is 23.3 Å². The van der Waals surface area contributed by atoms with E-state index in [2.05, 4.69) is 64.9 Å². The molecule has 10 rings (SSSR count). The van der Waals surface area contributed by atoms with Crippen LogP contribution in [0.2, 0.25) is 0 Å². The summed E-state index contributed by atoms with van der Waals surface area (Å²) in [5.74, 6) is 12.7. The minimum Gasteiger partial charge on any atom is -0.465 e. The number of nitrogens with one attached hydrogen (secondary N) is 5. The third-order valence-electron chi connectivity index (χ3n) is 14.0. The fraction of sp³-hybridized carbons (Fsp3) is 0.174. The molecule has 88 heavy (non-hydrogen) atoms. The number of aromatic amines is 1. The Kier molecular flexibility index (Phi) is 19.5. The Bertz CT molecular complexity index is 4450. The molecule has 442 valence electrons. The van der Waals surface area contributed by atoms with E-state index in [-0.39, 0.29) is 47.9 Å². The molecule has 0 saturated heterocycles. The molecule has 0 atom stereocenters. The van der Waals surface area contributed by atoms with Crippen LogP contribution in [0.1, 0.15) is 65.8 Å². The predicted molar refractivity (Wildman–Crippen MR) is 338 cm³/mol. The summed E-state index contributed by atoms with van der Waals surface area (Å²) in [5, 5.41) is 22.0. The first-order valence-electron chi connectivity index (χ1n) is 28.1. The number of nitrogens with zero attached hydrogens (tertiary/aromatic N) is 6. The molecular weight excluding hydrogens is 1120 g/mol. The summed E-state index contributed by atoms with van der Waals surface area (Å²) < 4.78 is 28.4. The fourth-order valence-corrected chi connectivity index (χ4v) is 9.49. The van der Waals surface area contributed by atoms with Crippen LogP contribution in [-0.4, -0.2) is 82.8 Å². The van der Waals surface area contributed by atoms with Gasteiger partial charge in [-0.3, -0.25) is 24.1 Å². The average molecular weight is 1180 g/mol. The number of benzene rings is 6. The van der Waals surface area contributed by atoms with Gasteiger partial charge in [-0.25, -0.2) is 33.1 Å². The monoisotopic (exact) mass is 1180 g/mol. The van der Waals surface area contributed by atoms with Gasteiger partial charge in [0, 0.05) is 90.1 Å². The molecule has 6 aromatic carbocycles. The molecule has 5 amide bonds. The Balaban J connectivity index is 0.000000215. The van der Waals surface area contributed by atoms with Crippen molar-refractivity contribution in [1.29, 1.82) is 0 Å². The number of aryl methyl sites for hydroxylation is 2. The molecule has 0 spiro atoms. The maximum Gasteiger partial charge on any atom is 0.407 e. The van der Waals surface area contributed by atoms with Crippen molar-refractivity contribution in [3.63, 3.8) is 0 Å². The number of fused-ring (bicyclic) bond motifs is 2. The fourth-order valence-electron chi connectivity index (χ4n) is 9.49. The molecule has 0 aliphatic rings. The van der Waals surface area contributed by atoms with Crippen LogP contribution in [0, 0.1) is 49.2 Å². The van der Waals surface area contributed by atoms with Gasteiger partial charge < -0.3 is 36.3 Å². The van der Waals surface area contributed by atoms with Gasteiger partial charge in [0.05, 0.1) is 21.8 Å². The summed E-state index contributed by atoms with van der Waals surface area (Å²) in [6.45, 7) is 10.0. The summed E-state index contributed by atoms with van der Waals surface area (Å²) >= 11 is 0. The number of hydrogen-bond acceptors (Lipinski definition) is 9. The van der Waals surface area contributed by atoms with Crippen molar-refractivity contribution in [1.82, 2.24) is 45.0 Å². The van der Waals surface area contributed by atoms with Crippen LogP contribution in [-0.2, 0) is 19.4 Å². The van der Waals surface area contributed by atoms with Gasteiger partial charge in [-0.1, -0.05) is 60.1 Å². The lowest BCUT2D eigenvalue weighted by molar-refractivity contribution is 0.0974. The van der Waals surface area contributed by atoms with Crippen LogP contribution in [0.15, 0.2) is 180 Å². The zero-order valence-electron chi connectivity index (χ0n) is 48.8. The van der Waals surface area contributed by atoms with Crippen molar-refractivity contribution in [3.05, 3.63) is 248 Å². The summed E-state index contributed by atoms with van der Waals surface area (Å²) in [4.78, 5) is 84.3. The minimum atomic E-state index is -1.06. The lowest BCUT2D eigenvalue weighted by Gasteiger charge is -2.33. The normalized spacial score (nSPS) is 10.8. The highest BCUT2D eigenvalue weighted by atomic mass is 19.1. The van der Waals surface area contributed by atoms with Crippen molar-refractivity contribution in [3.8, 4) is 45.9 Å². The van der Waals surface area contributed by atoms with Crippen LogP contribution in [0.5, 0.6) is 0 Å². The van der Waals surface area contributed by atoms with Crippen LogP contribution < -0.4 is 32.4 Å². The first kappa shape index (κ1) is 61.3.